The van der Waals surface area contributed by atoms with Crippen LogP contribution in [0.25, 0.3) is 0 Å². The highest BCUT2D eigenvalue weighted by Gasteiger charge is 2.20. The number of rotatable bonds is 5. The molecule has 0 spiro atoms. The van der Waals surface area contributed by atoms with Crippen molar-refractivity contribution in [3.05, 3.63) is 35.4 Å². The summed E-state index contributed by atoms with van der Waals surface area (Å²) in [5.41, 5.74) is 2.40. The van der Waals surface area contributed by atoms with Gasteiger partial charge in [-0.05, 0) is 32.1 Å². The minimum atomic E-state index is 0.0514. The van der Waals surface area contributed by atoms with Gasteiger partial charge < -0.3 is 15.1 Å². The standard InChI is InChI=1S/C17H28N4O/c1-15-6-4-5-7-16(15)14-18-17(22)21-12-10-20(11-13-21)9-8-19(2)3/h4-7H,8-14H2,1-3H3,(H,18,22). The van der Waals surface area contributed by atoms with Gasteiger partial charge in [-0.3, -0.25) is 4.90 Å². The fourth-order valence-electron chi connectivity index (χ4n) is 2.61. The van der Waals surface area contributed by atoms with Gasteiger partial charge in [-0.25, -0.2) is 4.79 Å². The molecule has 1 aliphatic rings. The predicted molar refractivity (Wildman–Crippen MR) is 90.0 cm³/mol. The average molecular weight is 304 g/mol. The summed E-state index contributed by atoms with van der Waals surface area (Å²) in [5, 5.41) is 3.03. The third-order valence-electron chi connectivity index (χ3n) is 4.21. The van der Waals surface area contributed by atoms with Gasteiger partial charge in [0.25, 0.3) is 0 Å². The Hall–Kier alpha value is -1.59. The Morgan fingerprint density at radius 1 is 1.18 bits per heavy atom. The highest BCUT2D eigenvalue weighted by atomic mass is 16.2. The van der Waals surface area contributed by atoms with Crippen LogP contribution >= 0.6 is 0 Å². The second-order valence-electron chi connectivity index (χ2n) is 6.22. The molecule has 5 heteroatoms. The van der Waals surface area contributed by atoms with E-state index in [9.17, 15) is 4.79 Å². The van der Waals surface area contributed by atoms with Crippen LogP contribution in [0.5, 0.6) is 0 Å². The number of likely N-dealkylation sites (N-methyl/N-ethyl adjacent to an activating group) is 1. The molecule has 2 amide bonds. The maximum atomic E-state index is 12.2. The first-order chi connectivity index (χ1) is 10.6. The number of nitrogens with one attached hydrogen (secondary N) is 1. The first-order valence-corrected chi connectivity index (χ1v) is 8.00. The van der Waals surface area contributed by atoms with Crippen LogP contribution < -0.4 is 5.32 Å². The Kier molecular flexibility index (Phi) is 6.21. The lowest BCUT2D eigenvalue weighted by Crippen LogP contribution is -2.52. The third-order valence-corrected chi connectivity index (χ3v) is 4.21. The van der Waals surface area contributed by atoms with E-state index >= 15 is 0 Å². The molecule has 0 bridgehead atoms. The Morgan fingerprint density at radius 3 is 2.50 bits per heavy atom. The zero-order valence-electron chi connectivity index (χ0n) is 14.0. The van der Waals surface area contributed by atoms with Crippen LogP contribution in [-0.4, -0.2) is 74.1 Å². The molecular formula is C17H28N4O. The van der Waals surface area contributed by atoms with Gasteiger partial charge >= 0.3 is 6.03 Å². The van der Waals surface area contributed by atoms with Gasteiger partial charge in [0, 0.05) is 45.8 Å². The number of carbonyl (C=O) groups excluding carboxylic acids is 1. The van der Waals surface area contributed by atoms with Gasteiger partial charge in [0.1, 0.15) is 0 Å². The minimum Gasteiger partial charge on any atom is -0.334 e. The summed E-state index contributed by atoms with van der Waals surface area (Å²) >= 11 is 0. The molecule has 0 radical (unpaired) electrons. The van der Waals surface area contributed by atoms with Crippen LogP contribution in [0.3, 0.4) is 0 Å². The molecule has 22 heavy (non-hydrogen) atoms. The van der Waals surface area contributed by atoms with Gasteiger partial charge in [-0.15, -0.1) is 0 Å². The van der Waals surface area contributed by atoms with Gasteiger partial charge in [0.05, 0.1) is 0 Å². The van der Waals surface area contributed by atoms with E-state index in [1.165, 1.54) is 11.1 Å². The van der Waals surface area contributed by atoms with Crippen molar-refractivity contribution in [2.45, 2.75) is 13.5 Å². The molecule has 1 aromatic carbocycles. The number of benzene rings is 1. The molecule has 0 aliphatic carbocycles. The topological polar surface area (TPSA) is 38.8 Å². The molecule has 1 saturated heterocycles. The number of amides is 2. The second-order valence-corrected chi connectivity index (χ2v) is 6.22. The highest BCUT2D eigenvalue weighted by Crippen LogP contribution is 2.07. The molecule has 1 aliphatic heterocycles. The van der Waals surface area contributed by atoms with E-state index < -0.39 is 0 Å². The monoisotopic (exact) mass is 304 g/mol. The van der Waals surface area contributed by atoms with E-state index in [-0.39, 0.29) is 6.03 Å². The molecule has 1 heterocycles. The molecule has 1 fully saturated rings. The first-order valence-electron chi connectivity index (χ1n) is 8.00. The van der Waals surface area contributed by atoms with E-state index in [0.29, 0.717) is 6.54 Å². The van der Waals surface area contributed by atoms with E-state index in [1.54, 1.807) is 0 Å². The maximum absolute atomic E-state index is 12.2. The van der Waals surface area contributed by atoms with Crippen molar-refractivity contribution < 1.29 is 4.79 Å². The summed E-state index contributed by atoms with van der Waals surface area (Å²) in [6, 6.07) is 8.22. The normalized spacial score (nSPS) is 16.1. The highest BCUT2D eigenvalue weighted by molar-refractivity contribution is 5.74. The number of aryl methyl sites for hydroxylation is 1. The Labute approximate surface area is 133 Å². The van der Waals surface area contributed by atoms with Crippen molar-refractivity contribution in [1.82, 2.24) is 20.0 Å². The van der Waals surface area contributed by atoms with Crippen molar-refractivity contribution >= 4 is 6.03 Å². The van der Waals surface area contributed by atoms with Crippen molar-refractivity contribution in [3.8, 4) is 0 Å². The number of nitrogens with zero attached hydrogens (tertiary/aromatic N) is 3. The summed E-state index contributed by atoms with van der Waals surface area (Å²) in [7, 11) is 4.19. The maximum Gasteiger partial charge on any atom is 0.317 e. The zero-order chi connectivity index (χ0) is 15.9. The van der Waals surface area contributed by atoms with Crippen LogP contribution in [-0.2, 0) is 6.54 Å². The molecule has 2 rings (SSSR count). The summed E-state index contributed by atoms with van der Waals surface area (Å²) in [4.78, 5) is 18.8. The second kappa shape index (κ2) is 8.15. The summed E-state index contributed by atoms with van der Waals surface area (Å²) in [6.07, 6.45) is 0. The van der Waals surface area contributed by atoms with Gasteiger partial charge in [0.15, 0.2) is 0 Å². The number of carbonyl (C=O) groups is 1. The molecule has 0 atom stereocenters. The van der Waals surface area contributed by atoms with Crippen LogP contribution in [0.1, 0.15) is 11.1 Å². The zero-order valence-corrected chi connectivity index (χ0v) is 14.0. The van der Waals surface area contributed by atoms with Crippen LogP contribution in [0.4, 0.5) is 4.79 Å². The van der Waals surface area contributed by atoms with Gasteiger partial charge in [0.2, 0.25) is 0 Å². The van der Waals surface area contributed by atoms with E-state index in [1.807, 2.05) is 17.0 Å². The van der Waals surface area contributed by atoms with E-state index in [2.05, 4.69) is 48.3 Å². The number of hydrogen-bond donors (Lipinski definition) is 1. The molecule has 5 nitrogen and oxygen atoms in total. The van der Waals surface area contributed by atoms with Crippen molar-refractivity contribution in [2.24, 2.45) is 0 Å². The summed E-state index contributed by atoms with van der Waals surface area (Å²) in [5.74, 6) is 0. The predicted octanol–water partition coefficient (Wildman–Crippen LogP) is 1.38. The Bertz CT molecular complexity index is 481. The molecular weight excluding hydrogens is 276 g/mol. The lowest BCUT2D eigenvalue weighted by Gasteiger charge is -2.35. The Morgan fingerprint density at radius 2 is 1.86 bits per heavy atom. The van der Waals surface area contributed by atoms with Crippen molar-refractivity contribution in [2.75, 3.05) is 53.4 Å². The SMILES string of the molecule is Cc1ccccc1CNC(=O)N1CCN(CCN(C)C)CC1. The van der Waals surface area contributed by atoms with Crippen LogP contribution in [0, 0.1) is 6.92 Å². The average Bonchev–Trinajstić information content (AvgIpc) is 2.52. The van der Waals surface area contributed by atoms with Crippen molar-refractivity contribution in [3.63, 3.8) is 0 Å². The first kappa shape index (κ1) is 16.8. The van der Waals surface area contributed by atoms with Crippen LogP contribution in [0.2, 0.25) is 0 Å². The number of hydrogen-bond acceptors (Lipinski definition) is 3. The van der Waals surface area contributed by atoms with Crippen LogP contribution in [0.15, 0.2) is 24.3 Å². The Balaban J connectivity index is 1.72. The number of piperazine rings is 1. The lowest BCUT2D eigenvalue weighted by molar-refractivity contribution is 0.133. The number of urea groups is 1. The molecule has 122 valence electrons. The minimum absolute atomic E-state index is 0.0514. The lowest BCUT2D eigenvalue weighted by atomic mass is 10.1. The van der Waals surface area contributed by atoms with E-state index in [4.69, 9.17) is 0 Å². The van der Waals surface area contributed by atoms with Gasteiger partial charge in [-0.2, -0.15) is 0 Å². The fourth-order valence-corrected chi connectivity index (χ4v) is 2.61. The largest absolute Gasteiger partial charge is 0.334 e. The summed E-state index contributed by atoms with van der Waals surface area (Å²) in [6.45, 7) is 8.37. The third kappa shape index (κ3) is 5.00. The molecule has 0 saturated carbocycles. The van der Waals surface area contributed by atoms with Gasteiger partial charge in [-0.1, -0.05) is 24.3 Å². The van der Waals surface area contributed by atoms with E-state index in [0.717, 1.165) is 39.3 Å². The smallest absolute Gasteiger partial charge is 0.317 e. The molecule has 1 aromatic rings. The van der Waals surface area contributed by atoms with Crippen molar-refractivity contribution in [1.29, 1.82) is 0 Å². The molecule has 0 aromatic heterocycles. The quantitative estimate of drug-likeness (QED) is 0.893. The fraction of sp³-hybridized carbons (Fsp3) is 0.588. The molecule has 0 unspecified atom stereocenters. The summed E-state index contributed by atoms with van der Waals surface area (Å²) < 4.78 is 0. The molecule has 1 N–H and O–H groups in total.